The minimum atomic E-state index is -0.279. The van der Waals surface area contributed by atoms with E-state index in [1.54, 1.807) is 25.3 Å². The molecular formula is C16H15ClO3. The lowest BCUT2D eigenvalue weighted by Gasteiger charge is -2.10. The number of hydrogen-bond acceptors (Lipinski definition) is 3. The van der Waals surface area contributed by atoms with E-state index in [1.807, 2.05) is 30.3 Å². The first-order chi connectivity index (χ1) is 9.69. The molecule has 0 spiro atoms. The van der Waals surface area contributed by atoms with Crippen LogP contribution in [0.1, 0.15) is 11.1 Å². The molecule has 0 aliphatic heterocycles. The molecular weight excluding hydrogens is 276 g/mol. The van der Waals surface area contributed by atoms with Gasteiger partial charge in [-0.3, -0.25) is 4.79 Å². The highest BCUT2D eigenvalue weighted by molar-refractivity contribution is 6.30. The Balaban J connectivity index is 1.95. The summed E-state index contributed by atoms with van der Waals surface area (Å²) >= 11 is 5.92. The second-order valence-electron chi connectivity index (χ2n) is 4.28. The number of rotatable bonds is 5. The van der Waals surface area contributed by atoms with Gasteiger partial charge in [0.1, 0.15) is 12.4 Å². The third-order valence-electron chi connectivity index (χ3n) is 2.82. The van der Waals surface area contributed by atoms with Gasteiger partial charge in [-0.15, -0.1) is 0 Å². The van der Waals surface area contributed by atoms with Crippen LogP contribution in [0.2, 0.25) is 5.02 Å². The molecule has 2 aromatic carbocycles. The summed E-state index contributed by atoms with van der Waals surface area (Å²) in [5, 5.41) is 0.583. The van der Waals surface area contributed by atoms with Crippen molar-refractivity contribution in [2.24, 2.45) is 0 Å². The molecule has 0 saturated carbocycles. The van der Waals surface area contributed by atoms with Gasteiger partial charge in [-0.25, -0.2) is 0 Å². The topological polar surface area (TPSA) is 35.5 Å². The Labute approximate surface area is 123 Å². The predicted octanol–water partition coefficient (Wildman–Crippen LogP) is 3.63. The van der Waals surface area contributed by atoms with Gasteiger partial charge in [0.25, 0.3) is 0 Å². The van der Waals surface area contributed by atoms with Gasteiger partial charge in [0.2, 0.25) is 0 Å². The summed E-state index contributed by atoms with van der Waals surface area (Å²) in [6, 6.07) is 14.7. The smallest absolute Gasteiger partial charge is 0.310 e. The van der Waals surface area contributed by atoms with Crippen LogP contribution in [0.4, 0.5) is 0 Å². The van der Waals surface area contributed by atoms with Crippen LogP contribution in [-0.2, 0) is 22.6 Å². The standard InChI is InChI=1S/C16H15ClO3/c1-19-15-8-7-14(17)10-13(15)11-20-16(18)9-12-5-3-2-4-6-12/h2-8,10H,9,11H2,1H3. The minimum Gasteiger partial charge on any atom is -0.496 e. The van der Waals surface area contributed by atoms with Gasteiger partial charge >= 0.3 is 5.97 Å². The van der Waals surface area contributed by atoms with Crippen LogP contribution in [0.15, 0.2) is 48.5 Å². The molecule has 20 heavy (non-hydrogen) atoms. The van der Waals surface area contributed by atoms with E-state index in [1.165, 1.54) is 0 Å². The van der Waals surface area contributed by atoms with Crippen LogP contribution in [0.25, 0.3) is 0 Å². The van der Waals surface area contributed by atoms with Gasteiger partial charge in [-0.1, -0.05) is 41.9 Å². The van der Waals surface area contributed by atoms with E-state index >= 15 is 0 Å². The Morgan fingerprint density at radius 2 is 1.90 bits per heavy atom. The summed E-state index contributed by atoms with van der Waals surface area (Å²) in [7, 11) is 1.57. The average molecular weight is 291 g/mol. The number of benzene rings is 2. The van der Waals surface area contributed by atoms with Crippen molar-refractivity contribution in [1.29, 1.82) is 0 Å². The van der Waals surface area contributed by atoms with Crippen LogP contribution in [-0.4, -0.2) is 13.1 Å². The third-order valence-corrected chi connectivity index (χ3v) is 3.06. The Morgan fingerprint density at radius 1 is 1.15 bits per heavy atom. The number of hydrogen-bond donors (Lipinski definition) is 0. The van der Waals surface area contributed by atoms with Crippen molar-refractivity contribution < 1.29 is 14.3 Å². The second kappa shape index (κ2) is 6.96. The predicted molar refractivity (Wildman–Crippen MR) is 77.9 cm³/mol. The zero-order valence-corrected chi connectivity index (χ0v) is 11.9. The van der Waals surface area contributed by atoms with E-state index < -0.39 is 0 Å². The summed E-state index contributed by atoms with van der Waals surface area (Å²) in [6.45, 7) is 0.148. The van der Waals surface area contributed by atoms with Gasteiger partial charge < -0.3 is 9.47 Å². The SMILES string of the molecule is COc1ccc(Cl)cc1COC(=O)Cc1ccccc1. The quantitative estimate of drug-likeness (QED) is 0.789. The molecule has 0 amide bonds. The lowest BCUT2D eigenvalue weighted by Crippen LogP contribution is -2.08. The second-order valence-corrected chi connectivity index (χ2v) is 4.72. The lowest BCUT2D eigenvalue weighted by atomic mass is 10.1. The van der Waals surface area contributed by atoms with Gasteiger partial charge in [0.15, 0.2) is 0 Å². The molecule has 0 atom stereocenters. The zero-order valence-electron chi connectivity index (χ0n) is 11.1. The maximum Gasteiger partial charge on any atom is 0.310 e. The van der Waals surface area contributed by atoms with E-state index in [-0.39, 0.29) is 19.0 Å². The number of carbonyl (C=O) groups is 1. The Morgan fingerprint density at radius 3 is 2.60 bits per heavy atom. The van der Waals surface area contributed by atoms with E-state index in [0.717, 1.165) is 11.1 Å². The number of halogens is 1. The van der Waals surface area contributed by atoms with Crippen molar-refractivity contribution in [3.63, 3.8) is 0 Å². The van der Waals surface area contributed by atoms with E-state index in [2.05, 4.69) is 0 Å². The molecule has 0 fully saturated rings. The van der Waals surface area contributed by atoms with Crippen molar-refractivity contribution in [3.05, 3.63) is 64.7 Å². The molecule has 2 aromatic rings. The van der Waals surface area contributed by atoms with Crippen LogP contribution in [0.3, 0.4) is 0 Å². The molecule has 0 heterocycles. The number of ether oxygens (including phenoxy) is 2. The summed E-state index contributed by atoms with van der Waals surface area (Å²) in [5.41, 5.74) is 1.68. The molecule has 0 unspecified atom stereocenters. The molecule has 104 valence electrons. The van der Waals surface area contributed by atoms with E-state index in [0.29, 0.717) is 10.8 Å². The summed E-state index contributed by atoms with van der Waals surface area (Å²) < 4.78 is 10.5. The van der Waals surface area contributed by atoms with Gasteiger partial charge in [-0.2, -0.15) is 0 Å². The van der Waals surface area contributed by atoms with Crippen LogP contribution in [0, 0.1) is 0 Å². The van der Waals surface area contributed by atoms with E-state index in [4.69, 9.17) is 21.1 Å². The first-order valence-corrected chi connectivity index (χ1v) is 6.59. The van der Waals surface area contributed by atoms with Gasteiger partial charge in [-0.05, 0) is 23.8 Å². The molecule has 0 saturated heterocycles. The summed E-state index contributed by atoms with van der Waals surface area (Å²) in [6.07, 6.45) is 0.254. The molecule has 0 N–H and O–H groups in total. The highest BCUT2D eigenvalue weighted by atomic mass is 35.5. The normalized spacial score (nSPS) is 10.1. The molecule has 0 aromatic heterocycles. The fourth-order valence-corrected chi connectivity index (χ4v) is 2.03. The largest absolute Gasteiger partial charge is 0.496 e. The maximum absolute atomic E-state index is 11.8. The molecule has 3 nitrogen and oxygen atoms in total. The average Bonchev–Trinajstić information content (AvgIpc) is 2.46. The molecule has 0 radical (unpaired) electrons. The Kier molecular flexibility index (Phi) is 5.02. The molecule has 2 rings (SSSR count). The van der Waals surface area contributed by atoms with Gasteiger partial charge in [0.05, 0.1) is 13.5 Å². The molecule has 0 bridgehead atoms. The zero-order chi connectivity index (χ0) is 14.4. The molecule has 4 heteroatoms. The van der Waals surface area contributed by atoms with Crippen molar-refractivity contribution >= 4 is 17.6 Å². The molecule has 0 aliphatic rings. The van der Waals surface area contributed by atoms with Crippen molar-refractivity contribution in [2.75, 3.05) is 7.11 Å². The highest BCUT2D eigenvalue weighted by Crippen LogP contribution is 2.23. The van der Waals surface area contributed by atoms with Crippen LogP contribution >= 0.6 is 11.6 Å². The first-order valence-electron chi connectivity index (χ1n) is 6.21. The fourth-order valence-electron chi connectivity index (χ4n) is 1.83. The fraction of sp³-hybridized carbons (Fsp3) is 0.188. The monoisotopic (exact) mass is 290 g/mol. The maximum atomic E-state index is 11.8. The summed E-state index contributed by atoms with van der Waals surface area (Å²) in [5.74, 6) is 0.375. The van der Waals surface area contributed by atoms with Crippen molar-refractivity contribution in [2.45, 2.75) is 13.0 Å². The number of methoxy groups -OCH3 is 1. The lowest BCUT2D eigenvalue weighted by molar-refractivity contribution is -0.144. The van der Waals surface area contributed by atoms with Crippen molar-refractivity contribution in [3.8, 4) is 5.75 Å². The number of esters is 1. The third kappa shape index (κ3) is 4.00. The minimum absolute atomic E-state index is 0.148. The highest BCUT2D eigenvalue weighted by Gasteiger charge is 2.08. The number of carbonyl (C=O) groups excluding carboxylic acids is 1. The molecule has 0 aliphatic carbocycles. The van der Waals surface area contributed by atoms with Crippen molar-refractivity contribution in [1.82, 2.24) is 0 Å². The van der Waals surface area contributed by atoms with Crippen LogP contribution in [0.5, 0.6) is 5.75 Å². The summed E-state index contributed by atoms with van der Waals surface area (Å²) in [4.78, 5) is 11.8. The Bertz CT molecular complexity index is 582. The Hall–Kier alpha value is -2.00. The van der Waals surface area contributed by atoms with Gasteiger partial charge in [0, 0.05) is 10.6 Å². The van der Waals surface area contributed by atoms with Crippen LogP contribution < -0.4 is 4.74 Å². The van der Waals surface area contributed by atoms with E-state index in [9.17, 15) is 4.79 Å². The first kappa shape index (κ1) is 14.4.